The SMILES string of the molecule is Cc1ccccc1C1NC(C)C(=O)N1CCS(C)=O. The maximum absolute atomic E-state index is 12.2. The Balaban J connectivity index is 2.25. The first kappa shape index (κ1) is 14.2. The summed E-state index contributed by atoms with van der Waals surface area (Å²) >= 11 is 0. The van der Waals surface area contributed by atoms with E-state index >= 15 is 0 Å². The second-order valence-electron chi connectivity index (χ2n) is 4.96. The molecule has 1 saturated heterocycles. The van der Waals surface area contributed by atoms with Crippen LogP contribution in [0.15, 0.2) is 24.3 Å². The first-order valence-corrected chi connectivity index (χ1v) is 8.15. The van der Waals surface area contributed by atoms with E-state index in [9.17, 15) is 9.00 Å². The van der Waals surface area contributed by atoms with Crippen molar-refractivity contribution in [2.75, 3.05) is 18.6 Å². The number of carbonyl (C=O) groups is 1. The number of nitrogens with one attached hydrogen (secondary N) is 1. The van der Waals surface area contributed by atoms with Crippen LogP contribution in [0.1, 0.15) is 24.2 Å². The van der Waals surface area contributed by atoms with Crippen LogP contribution in [0.4, 0.5) is 0 Å². The Morgan fingerprint density at radius 2 is 2.05 bits per heavy atom. The van der Waals surface area contributed by atoms with Crippen LogP contribution in [0.2, 0.25) is 0 Å². The van der Waals surface area contributed by atoms with Gasteiger partial charge in [-0.3, -0.25) is 14.3 Å². The Bertz CT molecular complexity index is 504. The van der Waals surface area contributed by atoms with Gasteiger partial charge in [0.15, 0.2) is 0 Å². The molecule has 0 saturated carbocycles. The van der Waals surface area contributed by atoms with Gasteiger partial charge in [0.05, 0.1) is 6.04 Å². The minimum absolute atomic E-state index is 0.0821. The van der Waals surface area contributed by atoms with E-state index < -0.39 is 10.8 Å². The van der Waals surface area contributed by atoms with Crippen molar-refractivity contribution in [3.63, 3.8) is 0 Å². The van der Waals surface area contributed by atoms with Gasteiger partial charge in [-0.1, -0.05) is 24.3 Å². The zero-order valence-electron chi connectivity index (χ0n) is 11.6. The lowest BCUT2D eigenvalue weighted by atomic mass is 10.1. The maximum atomic E-state index is 12.2. The lowest BCUT2D eigenvalue weighted by Gasteiger charge is -2.25. The van der Waals surface area contributed by atoms with Gasteiger partial charge < -0.3 is 4.90 Å². The number of carbonyl (C=O) groups excluding carboxylic acids is 1. The zero-order valence-corrected chi connectivity index (χ0v) is 12.4. The molecule has 1 aromatic carbocycles. The lowest BCUT2D eigenvalue weighted by molar-refractivity contribution is -0.129. The van der Waals surface area contributed by atoms with Gasteiger partial charge in [-0.15, -0.1) is 0 Å². The van der Waals surface area contributed by atoms with Crippen molar-refractivity contribution < 1.29 is 9.00 Å². The van der Waals surface area contributed by atoms with E-state index in [2.05, 4.69) is 5.32 Å². The molecule has 3 atom stereocenters. The molecule has 0 bridgehead atoms. The molecule has 0 spiro atoms. The number of rotatable bonds is 4. The van der Waals surface area contributed by atoms with Crippen LogP contribution in [-0.2, 0) is 15.6 Å². The summed E-state index contributed by atoms with van der Waals surface area (Å²) < 4.78 is 11.3. The van der Waals surface area contributed by atoms with Gasteiger partial charge in [-0.2, -0.15) is 0 Å². The quantitative estimate of drug-likeness (QED) is 0.901. The number of amides is 1. The second-order valence-corrected chi connectivity index (χ2v) is 6.51. The summed E-state index contributed by atoms with van der Waals surface area (Å²) in [5.41, 5.74) is 2.27. The zero-order chi connectivity index (χ0) is 14.0. The Kier molecular flexibility index (Phi) is 4.37. The van der Waals surface area contributed by atoms with E-state index in [1.807, 2.05) is 38.1 Å². The highest BCUT2D eigenvalue weighted by Gasteiger charge is 2.37. The fraction of sp³-hybridized carbons (Fsp3) is 0.500. The third kappa shape index (κ3) is 3.04. The molecule has 0 aliphatic carbocycles. The third-order valence-corrected chi connectivity index (χ3v) is 4.23. The molecule has 1 N–H and O–H groups in total. The highest BCUT2D eigenvalue weighted by atomic mass is 32.2. The van der Waals surface area contributed by atoms with Crippen molar-refractivity contribution in [2.24, 2.45) is 0 Å². The van der Waals surface area contributed by atoms with Crippen LogP contribution < -0.4 is 5.32 Å². The minimum atomic E-state index is -0.886. The second kappa shape index (κ2) is 5.84. The predicted molar refractivity (Wildman–Crippen MR) is 77.2 cm³/mol. The van der Waals surface area contributed by atoms with Crippen LogP contribution in [-0.4, -0.2) is 39.6 Å². The summed E-state index contributed by atoms with van der Waals surface area (Å²) in [6.45, 7) is 4.44. The van der Waals surface area contributed by atoms with Crippen LogP contribution in [0.3, 0.4) is 0 Å². The molecule has 4 nitrogen and oxygen atoms in total. The van der Waals surface area contributed by atoms with Crippen molar-refractivity contribution >= 4 is 16.7 Å². The fourth-order valence-electron chi connectivity index (χ4n) is 2.39. The monoisotopic (exact) mass is 280 g/mol. The molecular weight excluding hydrogens is 260 g/mol. The number of hydrogen-bond acceptors (Lipinski definition) is 3. The maximum Gasteiger partial charge on any atom is 0.241 e. The summed E-state index contributed by atoms with van der Waals surface area (Å²) in [7, 11) is -0.886. The molecule has 104 valence electrons. The highest BCUT2D eigenvalue weighted by Crippen LogP contribution is 2.27. The van der Waals surface area contributed by atoms with Gasteiger partial charge in [-0.25, -0.2) is 0 Å². The minimum Gasteiger partial charge on any atom is -0.321 e. The van der Waals surface area contributed by atoms with Crippen LogP contribution in [0, 0.1) is 6.92 Å². The molecule has 1 fully saturated rings. The Morgan fingerprint density at radius 3 is 2.68 bits per heavy atom. The van der Waals surface area contributed by atoms with E-state index in [4.69, 9.17) is 0 Å². The largest absolute Gasteiger partial charge is 0.321 e. The summed E-state index contributed by atoms with van der Waals surface area (Å²) in [6.07, 6.45) is 1.56. The fourth-order valence-corrected chi connectivity index (χ4v) is 2.85. The topological polar surface area (TPSA) is 49.4 Å². The molecule has 1 aliphatic rings. The highest BCUT2D eigenvalue weighted by molar-refractivity contribution is 7.84. The molecule has 1 amide bonds. The molecule has 0 aromatic heterocycles. The van der Waals surface area contributed by atoms with E-state index in [1.54, 1.807) is 11.2 Å². The van der Waals surface area contributed by atoms with Crippen molar-refractivity contribution in [3.8, 4) is 0 Å². The lowest BCUT2D eigenvalue weighted by Crippen LogP contribution is -2.34. The van der Waals surface area contributed by atoms with Gasteiger partial charge >= 0.3 is 0 Å². The van der Waals surface area contributed by atoms with Gasteiger partial charge in [0.2, 0.25) is 5.91 Å². The van der Waals surface area contributed by atoms with Crippen molar-refractivity contribution in [1.82, 2.24) is 10.2 Å². The first-order valence-electron chi connectivity index (χ1n) is 6.43. The first-order chi connectivity index (χ1) is 9.00. The van der Waals surface area contributed by atoms with E-state index in [1.165, 1.54) is 0 Å². The number of aryl methyl sites for hydroxylation is 1. The van der Waals surface area contributed by atoms with Crippen molar-refractivity contribution in [2.45, 2.75) is 26.1 Å². The Morgan fingerprint density at radius 1 is 1.37 bits per heavy atom. The molecule has 1 aliphatic heterocycles. The smallest absolute Gasteiger partial charge is 0.241 e. The predicted octanol–water partition coefficient (Wildman–Crippen LogP) is 1.19. The molecule has 1 aromatic rings. The van der Waals surface area contributed by atoms with Crippen molar-refractivity contribution in [3.05, 3.63) is 35.4 Å². The normalized spacial score (nSPS) is 24.8. The van der Waals surface area contributed by atoms with Crippen LogP contribution >= 0.6 is 0 Å². The van der Waals surface area contributed by atoms with Crippen LogP contribution in [0.25, 0.3) is 0 Å². The number of hydrogen-bond donors (Lipinski definition) is 1. The third-order valence-electron chi connectivity index (χ3n) is 3.48. The average molecular weight is 280 g/mol. The molecule has 1 heterocycles. The van der Waals surface area contributed by atoms with Gasteiger partial charge in [0.1, 0.15) is 6.17 Å². The van der Waals surface area contributed by atoms with Gasteiger partial charge in [0.25, 0.3) is 0 Å². The number of benzene rings is 1. The average Bonchev–Trinajstić information content (AvgIpc) is 2.64. The Hall–Kier alpha value is -1.20. The summed E-state index contributed by atoms with van der Waals surface area (Å²) in [5, 5.41) is 3.31. The van der Waals surface area contributed by atoms with E-state index in [0.29, 0.717) is 12.3 Å². The van der Waals surface area contributed by atoms with Gasteiger partial charge in [-0.05, 0) is 25.0 Å². The summed E-state index contributed by atoms with van der Waals surface area (Å²) in [6, 6.07) is 7.86. The molecule has 0 radical (unpaired) electrons. The van der Waals surface area contributed by atoms with E-state index in [0.717, 1.165) is 11.1 Å². The molecular formula is C14H20N2O2S. The number of nitrogens with zero attached hydrogens (tertiary/aromatic N) is 1. The molecule has 3 unspecified atom stereocenters. The molecule has 5 heteroatoms. The van der Waals surface area contributed by atoms with Gasteiger partial charge in [0, 0.05) is 29.4 Å². The van der Waals surface area contributed by atoms with Crippen LogP contribution in [0.5, 0.6) is 0 Å². The van der Waals surface area contributed by atoms with E-state index in [-0.39, 0.29) is 18.1 Å². The summed E-state index contributed by atoms with van der Waals surface area (Å²) in [4.78, 5) is 14.0. The Labute approximate surface area is 116 Å². The standard InChI is InChI=1S/C14H20N2O2S/c1-10-6-4-5-7-12(10)13-15-11(2)14(17)16(13)8-9-19(3)18/h4-7,11,13,15H,8-9H2,1-3H3. The molecule has 19 heavy (non-hydrogen) atoms. The van der Waals surface area contributed by atoms with Crippen molar-refractivity contribution in [1.29, 1.82) is 0 Å². The summed E-state index contributed by atoms with van der Waals surface area (Å²) in [5.74, 6) is 0.599. The molecule has 2 rings (SSSR count).